The third-order valence-electron chi connectivity index (χ3n) is 3.98. The van der Waals surface area contributed by atoms with E-state index < -0.39 is 11.6 Å². The molecule has 0 amide bonds. The number of halogens is 2. The molecule has 1 fully saturated rings. The summed E-state index contributed by atoms with van der Waals surface area (Å²) in [5.41, 5.74) is 6.24. The maximum absolute atomic E-state index is 13.5. The lowest BCUT2D eigenvalue weighted by Gasteiger charge is -2.23. The Labute approximate surface area is 101 Å². The molecule has 3 atom stereocenters. The largest absolute Gasteiger partial charge is 0.327 e. The van der Waals surface area contributed by atoms with Gasteiger partial charge in [0.25, 0.3) is 0 Å². The second-order valence-electron chi connectivity index (χ2n) is 5.14. The predicted octanol–water partition coefficient (Wildman–Crippen LogP) is 3.27. The molecule has 1 aromatic rings. The molecule has 0 aromatic heterocycles. The molecule has 2 N–H and O–H groups in total. The Morgan fingerprint density at radius 2 is 1.94 bits per heavy atom. The fourth-order valence-corrected chi connectivity index (χ4v) is 2.92. The van der Waals surface area contributed by atoms with E-state index in [1.54, 1.807) is 0 Å². The summed E-state index contributed by atoms with van der Waals surface area (Å²) in [7, 11) is 0. The van der Waals surface area contributed by atoms with Crippen molar-refractivity contribution in [2.75, 3.05) is 0 Å². The molecule has 17 heavy (non-hydrogen) atoms. The average Bonchev–Trinajstić information content (AvgIpc) is 2.70. The lowest BCUT2D eigenvalue weighted by Crippen LogP contribution is -2.34. The van der Waals surface area contributed by atoms with E-state index in [4.69, 9.17) is 5.73 Å². The standard InChI is InChI=1S/C14H19F2N/c1-9-4-2-5-10(9)14(17)8-11-12(15)6-3-7-13(11)16/h3,6-7,9-10,14H,2,4-5,8,17H2,1H3. The molecule has 3 unspecified atom stereocenters. The number of benzene rings is 1. The Kier molecular flexibility index (Phi) is 3.77. The zero-order valence-corrected chi connectivity index (χ0v) is 10.1. The molecule has 0 spiro atoms. The quantitative estimate of drug-likeness (QED) is 0.860. The van der Waals surface area contributed by atoms with Crippen LogP contribution in [0.2, 0.25) is 0 Å². The summed E-state index contributed by atoms with van der Waals surface area (Å²) in [6.45, 7) is 2.18. The fourth-order valence-electron chi connectivity index (χ4n) is 2.92. The van der Waals surface area contributed by atoms with Crippen LogP contribution in [0, 0.1) is 23.5 Å². The highest BCUT2D eigenvalue weighted by molar-refractivity contribution is 5.21. The van der Waals surface area contributed by atoms with E-state index in [0.717, 1.165) is 6.42 Å². The van der Waals surface area contributed by atoms with Crippen molar-refractivity contribution in [3.8, 4) is 0 Å². The lowest BCUT2D eigenvalue weighted by molar-refractivity contribution is 0.338. The van der Waals surface area contributed by atoms with Crippen LogP contribution < -0.4 is 5.73 Å². The molecule has 0 radical (unpaired) electrons. The fraction of sp³-hybridized carbons (Fsp3) is 0.571. The van der Waals surface area contributed by atoms with Crippen LogP contribution in [0.1, 0.15) is 31.7 Å². The molecule has 1 saturated carbocycles. The summed E-state index contributed by atoms with van der Waals surface area (Å²) in [5, 5.41) is 0. The second kappa shape index (κ2) is 5.13. The van der Waals surface area contributed by atoms with Gasteiger partial charge in [-0.2, -0.15) is 0 Å². The van der Waals surface area contributed by atoms with Crippen LogP contribution in [0.15, 0.2) is 18.2 Å². The van der Waals surface area contributed by atoms with Gasteiger partial charge in [0.15, 0.2) is 0 Å². The van der Waals surface area contributed by atoms with Gasteiger partial charge in [-0.1, -0.05) is 25.8 Å². The van der Waals surface area contributed by atoms with Crippen molar-refractivity contribution in [1.29, 1.82) is 0 Å². The van der Waals surface area contributed by atoms with Gasteiger partial charge >= 0.3 is 0 Å². The highest BCUT2D eigenvalue weighted by Gasteiger charge is 2.29. The summed E-state index contributed by atoms with van der Waals surface area (Å²) < 4.78 is 27.0. The van der Waals surface area contributed by atoms with Gasteiger partial charge in [-0.25, -0.2) is 8.78 Å². The molecule has 0 heterocycles. The molecular formula is C14H19F2N. The molecule has 0 bridgehead atoms. The summed E-state index contributed by atoms with van der Waals surface area (Å²) >= 11 is 0. The normalized spacial score (nSPS) is 26.1. The summed E-state index contributed by atoms with van der Waals surface area (Å²) in [4.78, 5) is 0. The summed E-state index contributed by atoms with van der Waals surface area (Å²) in [6.07, 6.45) is 3.74. The van der Waals surface area contributed by atoms with Crippen molar-refractivity contribution < 1.29 is 8.78 Å². The van der Waals surface area contributed by atoms with Gasteiger partial charge in [0, 0.05) is 11.6 Å². The zero-order chi connectivity index (χ0) is 12.4. The van der Waals surface area contributed by atoms with Gasteiger partial charge < -0.3 is 5.73 Å². The van der Waals surface area contributed by atoms with Crippen LogP contribution in [-0.4, -0.2) is 6.04 Å². The first-order chi connectivity index (χ1) is 8.09. The Balaban J connectivity index is 2.10. The van der Waals surface area contributed by atoms with Crippen molar-refractivity contribution in [3.63, 3.8) is 0 Å². The Bertz CT molecular complexity index is 372. The van der Waals surface area contributed by atoms with E-state index in [2.05, 4.69) is 6.92 Å². The maximum Gasteiger partial charge on any atom is 0.129 e. The van der Waals surface area contributed by atoms with Gasteiger partial charge in [-0.3, -0.25) is 0 Å². The van der Waals surface area contributed by atoms with Crippen LogP contribution >= 0.6 is 0 Å². The van der Waals surface area contributed by atoms with Crippen molar-refractivity contribution in [1.82, 2.24) is 0 Å². The molecule has 3 heteroatoms. The van der Waals surface area contributed by atoms with Gasteiger partial charge in [-0.15, -0.1) is 0 Å². The highest BCUT2D eigenvalue weighted by atomic mass is 19.1. The molecule has 1 nitrogen and oxygen atoms in total. The topological polar surface area (TPSA) is 26.0 Å². The minimum Gasteiger partial charge on any atom is -0.327 e. The van der Waals surface area contributed by atoms with Gasteiger partial charge in [0.1, 0.15) is 11.6 Å². The molecule has 1 aliphatic rings. The number of rotatable bonds is 3. The smallest absolute Gasteiger partial charge is 0.129 e. The number of nitrogens with two attached hydrogens (primary N) is 1. The first-order valence-electron chi connectivity index (χ1n) is 6.28. The van der Waals surface area contributed by atoms with Crippen LogP contribution in [0.3, 0.4) is 0 Å². The first-order valence-corrected chi connectivity index (χ1v) is 6.28. The summed E-state index contributed by atoms with van der Waals surface area (Å²) in [5.74, 6) is 0.00559. The van der Waals surface area contributed by atoms with E-state index in [1.807, 2.05) is 0 Å². The third-order valence-corrected chi connectivity index (χ3v) is 3.98. The first kappa shape index (κ1) is 12.5. The molecule has 1 aromatic carbocycles. The van der Waals surface area contributed by atoms with Crippen molar-refractivity contribution in [3.05, 3.63) is 35.4 Å². The Morgan fingerprint density at radius 1 is 1.29 bits per heavy atom. The van der Waals surface area contributed by atoms with Crippen molar-refractivity contribution in [2.45, 2.75) is 38.6 Å². The average molecular weight is 239 g/mol. The predicted molar refractivity (Wildman–Crippen MR) is 64.5 cm³/mol. The van der Waals surface area contributed by atoms with Gasteiger partial charge in [0.05, 0.1) is 0 Å². The molecule has 94 valence electrons. The molecule has 0 saturated heterocycles. The molecule has 2 rings (SSSR count). The second-order valence-corrected chi connectivity index (χ2v) is 5.14. The van der Waals surface area contributed by atoms with E-state index in [9.17, 15) is 8.78 Å². The molecule has 1 aliphatic carbocycles. The van der Waals surface area contributed by atoms with Crippen molar-refractivity contribution in [2.24, 2.45) is 17.6 Å². The monoisotopic (exact) mass is 239 g/mol. The SMILES string of the molecule is CC1CCCC1C(N)Cc1c(F)cccc1F. The van der Waals surface area contributed by atoms with E-state index in [-0.39, 0.29) is 11.6 Å². The van der Waals surface area contributed by atoms with Crippen LogP contribution in [0.4, 0.5) is 8.78 Å². The van der Waals surface area contributed by atoms with E-state index in [0.29, 0.717) is 18.3 Å². The van der Waals surface area contributed by atoms with E-state index in [1.165, 1.54) is 31.0 Å². The van der Waals surface area contributed by atoms with Crippen LogP contribution in [0.5, 0.6) is 0 Å². The third kappa shape index (κ3) is 2.65. The van der Waals surface area contributed by atoms with Crippen molar-refractivity contribution >= 4 is 0 Å². The lowest BCUT2D eigenvalue weighted by atomic mass is 9.87. The number of hydrogen-bond donors (Lipinski definition) is 1. The van der Waals surface area contributed by atoms with E-state index >= 15 is 0 Å². The van der Waals surface area contributed by atoms with Gasteiger partial charge in [0.2, 0.25) is 0 Å². The maximum atomic E-state index is 13.5. The number of hydrogen-bond acceptors (Lipinski definition) is 1. The highest BCUT2D eigenvalue weighted by Crippen LogP contribution is 2.34. The summed E-state index contributed by atoms with van der Waals surface area (Å²) in [6, 6.07) is 3.84. The Morgan fingerprint density at radius 3 is 2.47 bits per heavy atom. The zero-order valence-electron chi connectivity index (χ0n) is 10.1. The molecule has 0 aliphatic heterocycles. The minimum absolute atomic E-state index is 0.138. The molecular weight excluding hydrogens is 220 g/mol. The Hall–Kier alpha value is -0.960. The van der Waals surface area contributed by atoms with Gasteiger partial charge in [-0.05, 0) is 36.8 Å². The van der Waals surface area contributed by atoms with Crippen LogP contribution in [-0.2, 0) is 6.42 Å². The van der Waals surface area contributed by atoms with Crippen LogP contribution in [0.25, 0.3) is 0 Å². The minimum atomic E-state index is -0.480.